The highest BCUT2D eigenvalue weighted by molar-refractivity contribution is 5.89. The van der Waals surface area contributed by atoms with Crippen LogP contribution in [0.5, 0.6) is 0 Å². The Bertz CT molecular complexity index is 1230. The maximum Gasteiger partial charge on any atom is 0.264 e. The molecule has 0 saturated heterocycles. The number of rotatable bonds is 5. The van der Waals surface area contributed by atoms with Crippen molar-refractivity contribution in [1.82, 2.24) is 24.3 Å². The summed E-state index contributed by atoms with van der Waals surface area (Å²) in [6.45, 7) is 3.99. The minimum Gasteiger partial charge on any atom is -0.311 e. The summed E-state index contributed by atoms with van der Waals surface area (Å²) in [6.07, 6.45) is 3.26. The molecule has 4 aromatic rings. The number of nitrogens with zero attached hydrogens (tertiary/aromatic N) is 5. The molecule has 3 heterocycles. The van der Waals surface area contributed by atoms with Gasteiger partial charge in [-0.05, 0) is 38.1 Å². The van der Waals surface area contributed by atoms with Gasteiger partial charge >= 0.3 is 0 Å². The highest BCUT2D eigenvalue weighted by Gasteiger charge is 2.15. The van der Waals surface area contributed by atoms with E-state index in [0.717, 1.165) is 11.3 Å². The van der Waals surface area contributed by atoms with Gasteiger partial charge in [0.2, 0.25) is 5.91 Å². The van der Waals surface area contributed by atoms with Gasteiger partial charge in [0.05, 0.1) is 11.9 Å². The second-order valence-electron chi connectivity index (χ2n) is 6.76. The second kappa shape index (κ2) is 7.67. The summed E-state index contributed by atoms with van der Waals surface area (Å²) in [5.41, 5.74) is 2.27. The summed E-state index contributed by atoms with van der Waals surface area (Å²) in [6, 6.07) is 13.1. The van der Waals surface area contributed by atoms with E-state index in [9.17, 15) is 9.59 Å². The van der Waals surface area contributed by atoms with Gasteiger partial charge in [0, 0.05) is 19.2 Å². The van der Waals surface area contributed by atoms with Crippen LogP contribution in [0.2, 0.25) is 0 Å². The van der Waals surface area contributed by atoms with Crippen LogP contribution in [-0.2, 0) is 11.3 Å². The van der Waals surface area contributed by atoms with Crippen molar-refractivity contribution in [2.24, 2.45) is 0 Å². The molecule has 0 aliphatic carbocycles. The average Bonchev–Trinajstić information content (AvgIpc) is 3.13. The summed E-state index contributed by atoms with van der Waals surface area (Å²) < 4.78 is 3.16. The molecular weight excluding hydrogens is 368 g/mol. The predicted octanol–water partition coefficient (Wildman–Crippen LogP) is 2.62. The maximum absolute atomic E-state index is 12.9. The van der Waals surface area contributed by atoms with E-state index in [1.807, 2.05) is 31.2 Å². The standard InChI is InChI=1S/C21H20N6O2/c1-14-6-8-16(9-7-14)27-20-17(13-23-27)21(29)26(15(2)24-20)12-10-19(28)25-18-5-3-4-11-22-18/h3-9,11,13H,10,12H2,1-2H3,(H,22,25,28). The van der Waals surface area contributed by atoms with E-state index < -0.39 is 0 Å². The highest BCUT2D eigenvalue weighted by Crippen LogP contribution is 2.15. The number of carbonyl (C=O) groups is 1. The Morgan fingerprint density at radius 2 is 1.90 bits per heavy atom. The monoisotopic (exact) mass is 388 g/mol. The van der Waals surface area contributed by atoms with Gasteiger partial charge in [-0.3, -0.25) is 14.2 Å². The zero-order chi connectivity index (χ0) is 20.4. The van der Waals surface area contributed by atoms with Crippen LogP contribution in [-0.4, -0.2) is 30.2 Å². The van der Waals surface area contributed by atoms with Crippen molar-refractivity contribution in [2.45, 2.75) is 26.8 Å². The van der Waals surface area contributed by atoms with Crippen molar-refractivity contribution >= 4 is 22.8 Å². The van der Waals surface area contributed by atoms with Crippen LogP contribution in [0.15, 0.2) is 59.7 Å². The predicted molar refractivity (Wildman–Crippen MR) is 110 cm³/mol. The molecule has 4 rings (SSSR count). The first-order valence-electron chi connectivity index (χ1n) is 9.26. The second-order valence-corrected chi connectivity index (χ2v) is 6.76. The van der Waals surface area contributed by atoms with E-state index in [0.29, 0.717) is 22.7 Å². The zero-order valence-corrected chi connectivity index (χ0v) is 16.2. The lowest BCUT2D eigenvalue weighted by atomic mass is 10.2. The normalized spacial score (nSPS) is 11.0. The Labute approximate surface area is 166 Å². The first-order chi connectivity index (χ1) is 14.0. The molecule has 0 saturated carbocycles. The molecule has 0 fully saturated rings. The third-order valence-corrected chi connectivity index (χ3v) is 4.65. The molecule has 8 heteroatoms. The molecule has 1 aromatic carbocycles. The Morgan fingerprint density at radius 3 is 2.62 bits per heavy atom. The molecule has 0 unspecified atom stereocenters. The Balaban J connectivity index is 1.59. The van der Waals surface area contributed by atoms with Crippen LogP contribution in [0.1, 0.15) is 17.8 Å². The SMILES string of the molecule is Cc1ccc(-n2ncc3c(=O)n(CCC(=O)Nc4ccccn4)c(C)nc32)cc1. The van der Waals surface area contributed by atoms with Crippen molar-refractivity contribution in [1.29, 1.82) is 0 Å². The van der Waals surface area contributed by atoms with Crippen molar-refractivity contribution < 1.29 is 4.79 Å². The van der Waals surface area contributed by atoms with Crippen LogP contribution >= 0.6 is 0 Å². The lowest BCUT2D eigenvalue weighted by molar-refractivity contribution is -0.116. The lowest BCUT2D eigenvalue weighted by Gasteiger charge is -2.10. The molecule has 8 nitrogen and oxygen atoms in total. The first kappa shape index (κ1) is 18.5. The molecule has 0 aliphatic rings. The molecule has 0 atom stereocenters. The van der Waals surface area contributed by atoms with E-state index in [4.69, 9.17) is 0 Å². The van der Waals surface area contributed by atoms with Crippen LogP contribution in [0.25, 0.3) is 16.7 Å². The number of nitrogens with one attached hydrogen (secondary N) is 1. The topological polar surface area (TPSA) is 94.7 Å². The number of aromatic nitrogens is 5. The fourth-order valence-electron chi connectivity index (χ4n) is 3.10. The van der Waals surface area contributed by atoms with Gasteiger partial charge in [0.25, 0.3) is 5.56 Å². The summed E-state index contributed by atoms with van der Waals surface area (Å²) in [4.78, 5) is 33.8. The van der Waals surface area contributed by atoms with Crippen LogP contribution in [0, 0.1) is 13.8 Å². The van der Waals surface area contributed by atoms with Gasteiger partial charge in [-0.25, -0.2) is 14.6 Å². The largest absolute Gasteiger partial charge is 0.311 e. The number of aryl methyl sites for hydroxylation is 2. The van der Waals surface area contributed by atoms with Crippen LogP contribution < -0.4 is 10.9 Å². The van der Waals surface area contributed by atoms with Gasteiger partial charge in [-0.2, -0.15) is 5.10 Å². The van der Waals surface area contributed by atoms with Gasteiger partial charge in [0.15, 0.2) is 5.65 Å². The quantitative estimate of drug-likeness (QED) is 0.567. The number of hydrogen-bond donors (Lipinski definition) is 1. The van der Waals surface area contributed by atoms with Crippen molar-refractivity contribution in [3.63, 3.8) is 0 Å². The molecule has 0 bridgehead atoms. The maximum atomic E-state index is 12.9. The van der Waals surface area contributed by atoms with Crippen LogP contribution in [0.3, 0.4) is 0 Å². The van der Waals surface area contributed by atoms with Gasteiger partial charge in [-0.1, -0.05) is 23.8 Å². The van der Waals surface area contributed by atoms with E-state index in [2.05, 4.69) is 20.4 Å². The number of anilines is 1. The summed E-state index contributed by atoms with van der Waals surface area (Å²) >= 11 is 0. The molecule has 1 amide bonds. The van der Waals surface area contributed by atoms with Gasteiger partial charge in [-0.15, -0.1) is 0 Å². The summed E-state index contributed by atoms with van der Waals surface area (Å²) in [5.74, 6) is 0.793. The number of benzene rings is 1. The molecule has 1 N–H and O–H groups in total. The molecular formula is C21H20N6O2. The highest BCUT2D eigenvalue weighted by atomic mass is 16.2. The van der Waals surface area contributed by atoms with Crippen molar-refractivity contribution in [2.75, 3.05) is 5.32 Å². The van der Waals surface area contributed by atoms with Crippen LogP contribution in [0.4, 0.5) is 5.82 Å². The number of fused-ring (bicyclic) bond motifs is 1. The van der Waals surface area contributed by atoms with E-state index in [1.165, 1.54) is 10.8 Å². The smallest absolute Gasteiger partial charge is 0.264 e. The fraction of sp³-hybridized carbons (Fsp3) is 0.190. The molecule has 0 spiro atoms. The Morgan fingerprint density at radius 1 is 1.10 bits per heavy atom. The third kappa shape index (κ3) is 3.77. The number of amides is 1. The van der Waals surface area contributed by atoms with Crippen molar-refractivity contribution in [3.8, 4) is 5.69 Å². The number of carbonyl (C=O) groups excluding carboxylic acids is 1. The molecule has 0 radical (unpaired) electrons. The first-order valence-corrected chi connectivity index (χ1v) is 9.26. The summed E-state index contributed by atoms with van der Waals surface area (Å²) in [5, 5.41) is 7.48. The molecule has 0 aliphatic heterocycles. The summed E-state index contributed by atoms with van der Waals surface area (Å²) in [7, 11) is 0. The molecule has 29 heavy (non-hydrogen) atoms. The average molecular weight is 388 g/mol. The molecule has 146 valence electrons. The Hall–Kier alpha value is -3.81. The van der Waals surface area contributed by atoms with Gasteiger partial charge in [0.1, 0.15) is 17.0 Å². The van der Waals surface area contributed by atoms with Gasteiger partial charge < -0.3 is 5.32 Å². The van der Waals surface area contributed by atoms with E-state index in [-0.39, 0.29) is 24.4 Å². The zero-order valence-electron chi connectivity index (χ0n) is 16.2. The lowest BCUT2D eigenvalue weighted by Crippen LogP contribution is -2.26. The van der Waals surface area contributed by atoms with Crippen molar-refractivity contribution in [3.05, 3.63) is 76.6 Å². The number of pyridine rings is 1. The Kier molecular flexibility index (Phi) is 4.90. The minimum absolute atomic E-state index is 0.136. The molecule has 3 aromatic heterocycles. The minimum atomic E-state index is -0.217. The third-order valence-electron chi connectivity index (χ3n) is 4.65. The van der Waals surface area contributed by atoms with E-state index >= 15 is 0 Å². The number of hydrogen-bond acceptors (Lipinski definition) is 5. The fourth-order valence-corrected chi connectivity index (χ4v) is 3.10. The van der Waals surface area contributed by atoms with E-state index in [1.54, 1.807) is 36.0 Å².